The topological polar surface area (TPSA) is 17.1 Å². The summed E-state index contributed by atoms with van der Waals surface area (Å²) in [5.74, 6) is 0.461. The van der Waals surface area contributed by atoms with Gasteiger partial charge in [0.1, 0.15) is 0 Å². The zero-order valence-corrected chi connectivity index (χ0v) is 10.9. The average Bonchev–Trinajstić information content (AvgIpc) is 2.25. The van der Waals surface area contributed by atoms with Crippen molar-refractivity contribution in [3.8, 4) is 0 Å². The molecule has 15 heavy (non-hydrogen) atoms. The standard InChI is InChI=1S/C13H17BrO/c1-3-4-7-10(2)11-8-5-6-9-12(11)13(14)15/h5-6,8-10H,3-4,7H2,1-2H3. The monoisotopic (exact) mass is 268 g/mol. The van der Waals surface area contributed by atoms with Crippen molar-refractivity contribution in [2.75, 3.05) is 0 Å². The van der Waals surface area contributed by atoms with Gasteiger partial charge in [0.05, 0.1) is 0 Å². The van der Waals surface area contributed by atoms with E-state index in [0.29, 0.717) is 5.92 Å². The maximum atomic E-state index is 11.4. The highest BCUT2D eigenvalue weighted by molar-refractivity contribution is 9.18. The van der Waals surface area contributed by atoms with E-state index in [1.54, 1.807) is 0 Å². The lowest BCUT2D eigenvalue weighted by atomic mass is 9.92. The Labute approximate surface area is 100 Å². The Morgan fingerprint density at radius 2 is 2.07 bits per heavy atom. The van der Waals surface area contributed by atoms with Crippen LogP contribution in [0.5, 0.6) is 0 Å². The van der Waals surface area contributed by atoms with E-state index < -0.39 is 0 Å². The van der Waals surface area contributed by atoms with Crippen LogP contribution in [0.1, 0.15) is 54.9 Å². The molecule has 0 heterocycles. The molecule has 1 atom stereocenters. The third-order valence-electron chi connectivity index (χ3n) is 2.69. The summed E-state index contributed by atoms with van der Waals surface area (Å²) in [5, 5.41) is 0. The van der Waals surface area contributed by atoms with Gasteiger partial charge in [0.15, 0.2) is 0 Å². The van der Waals surface area contributed by atoms with Gasteiger partial charge < -0.3 is 0 Å². The first kappa shape index (κ1) is 12.4. The first-order valence-corrected chi connectivity index (χ1v) is 6.24. The van der Waals surface area contributed by atoms with Gasteiger partial charge in [-0.3, -0.25) is 4.79 Å². The van der Waals surface area contributed by atoms with E-state index >= 15 is 0 Å². The number of benzene rings is 1. The molecule has 0 saturated heterocycles. The fourth-order valence-corrected chi connectivity index (χ4v) is 2.13. The second-order valence-corrected chi connectivity index (χ2v) is 4.62. The summed E-state index contributed by atoms with van der Waals surface area (Å²) in [7, 11) is 0. The zero-order chi connectivity index (χ0) is 11.3. The summed E-state index contributed by atoms with van der Waals surface area (Å²) >= 11 is 3.03. The molecule has 2 heteroatoms. The number of carbonyl (C=O) groups excluding carboxylic acids is 1. The molecule has 0 bridgehead atoms. The van der Waals surface area contributed by atoms with Crippen LogP contribution in [0.25, 0.3) is 0 Å². The van der Waals surface area contributed by atoms with Gasteiger partial charge in [0.2, 0.25) is 4.69 Å². The maximum Gasteiger partial charge on any atom is 0.228 e. The van der Waals surface area contributed by atoms with Crippen LogP contribution >= 0.6 is 15.9 Å². The molecule has 0 aliphatic heterocycles. The van der Waals surface area contributed by atoms with Crippen LogP contribution in [0.15, 0.2) is 24.3 Å². The summed E-state index contributed by atoms with van der Waals surface area (Å²) in [4.78, 5) is 11.4. The molecule has 1 aromatic carbocycles. The van der Waals surface area contributed by atoms with Gasteiger partial charge in [-0.2, -0.15) is 0 Å². The van der Waals surface area contributed by atoms with E-state index in [9.17, 15) is 4.79 Å². The number of carbonyl (C=O) groups is 1. The van der Waals surface area contributed by atoms with Crippen molar-refractivity contribution < 1.29 is 4.79 Å². The minimum atomic E-state index is -0.0125. The Hall–Kier alpha value is -0.630. The highest BCUT2D eigenvalue weighted by Gasteiger charge is 2.12. The molecule has 0 aliphatic carbocycles. The number of unbranched alkanes of at least 4 members (excludes halogenated alkanes) is 1. The molecule has 82 valence electrons. The van der Waals surface area contributed by atoms with Crippen molar-refractivity contribution in [1.82, 2.24) is 0 Å². The van der Waals surface area contributed by atoms with Crippen molar-refractivity contribution in [3.05, 3.63) is 35.4 Å². The first-order valence-electron chi connectivity index (χ1n) is 5.45. The quantitative estimate of drug-likeness (QED) is 0.718. The van der Waals surface area contributed by atoms with Crippen LogP contribution in [0.4, 0.5) is 0 Å². The summed E-state index contributed by atoms with van der Waals surface area (Å²) in [6.07, 6.45) is 3.56. The van der Waals surface area contributed by atoms with Crippen molar-refractivity contribution in [2.24, 2.45) is 0 Å². The summed E-state index contributed by atoms with van der Waals surface area (Å²) < 4.78 is -0.0125. The van der Waals surface area contributed by atoms with E-state index in [2.05, 4.69) is 35.8 Å². The summed E-state index contributed by atoms with van der Waals surface area (Å²) in [6, 6.07) is 7.84. The lowest BCUT2D eigenvalue weighted by Gasteiger charge is -2.13. The molecule has 0 amide bonds. The Morgan fingerprint density at radius 3 is 2.67 bits per heavy atom. The molecular weight excluding hydrogens is 252 g/mol. The Morgan fingerprint density at radius 1 is 1.40 bits per heavy atom. The molecule has 0 aromatic heterocycles. The van der Waals surface area contributed by atoms with Gasteiger partial charge in [0.25, 0.3) is 0 Å². The summed E-state index contributed by atoms with van der Waals surface area (Å²) in [6.45, 7) is 4.37. The number of hydrogen-bond donors (Lipinski definition) is 0. The Kier molecular flexibility index (Phi) is 5.03. The second kappa shape index (κ2) is 6.06. The predicted molar refractivity (Wildman–Crippen MR) is 67.6 cm³/mol. The molecule has 0 spiro atoms. The zero-order valence-electron chi connectivity index (χ0n) is 9.29. The molecule has 0 aliphatic rings. The largest absolute Gasteiger partial charge is 0.281 e. The van der Waals surface area contributed by atoms with Gasteiger partial charge in [-0.25, -0.2) is 0 Å². The molecule has 0 saturated carbocycles. The minimum Gasteiger partial charge on any atom is -0.281 e. The van der Waals surface area contributed by atoms with Crippen LogP contribution in [-0.2, 0) is 0 Å². The van der Waals surface area contributed by atoms with E-state index in [1.165, 1.54) is 12.8 Å². The number of halogens is 1. The third-order valence-corrected chi connectivity index (χ3v) is 3.12. The fourth-order valence-electron chi connectivity index (χ4n) is 1.77. The van der Waals surface area contributed by atoms with Crippen LogP contribution in [-0.4, -0.2) is 4.69 Å². The normalized spacial score (nSPS) is 12.5. The lowest BCUT2D eigenvalue weighted by Crippen LogP contribution is -2.01. The highest BCUT2D eigenvalue weighted by atomic mass is 79.9. The minimum absolute atomic E-state index is 0.0125. The molecular formula is C13H17BrO. The van der Waals surface area contributed by atoms with Crippen molar-refractivity contribution >= 4 is 20.6 Å². The molecule has 1 nitrogen and oxygen atoms in total. The van der Waals surface area contributed by atoms with Crippen LogP contribution in [0, 0.1) is 0 Å². The van der Waals surface area contributed by atoms with E-state index in [0.717, 1.165) is 17.5 Å². The lowest BCUT2D eigenvalue weighted by molar-refractivity contribution is 0.109. The molecule has 0 radical (unpaired) electrons. The first-order chi connectivity index (χ1) is 7.16. The van der Waals surface area contributed by atoms with Gasteiger partial charge in [-0.05, 0) is 33.8 Å². The number of hydrogen-bond acceptors (Lipinski definition) is 1. The fraction of sp³-hybridized carbons (Fsp3) is 0.462. The van der Waals surface area contributed by atoms with E-state index in [4.69, 9.17) is 0 Å². The van der Waals surface area contributed by atoms with Gasteiger partial charge in [0, 0.05) is 5.56 Å². The van der Waals surface area contributed by atoms with Crippen molar-refractivity contribution in [1.29, 1.82) is 0 Å². The maximum absolute atomic E-state index is 11.4. The predicted octanol–water partition coefficient (Wildman–Crippen LogP) is 4.52. The number of rotatable bonds is 5. The van der Waals surface area contributed by atoms with Gasteiger partial charge in [-0.1, -0.05) is 51.0 Å². The molecule has 0 N–H and O–H groups in total. The van der Waals surface area contributed by atoms with Gasteiger partial charge in [-0.15, -0.1) is 0 Å². The van der Waals surface area contributed by atoms with Crippen molar-refractivity contribution in [2.45, 2.75) is 39.0 Å². The van der Waals surface area contributed by atoms with E-state index in [-0.39, 0.29) is 4.69 Å². The van der Waals surface area contributed by atoms with Crippen LogP contribution in [0.2, 0.25) is 0 Å². The highest BCUT2D eigenvalue weighted by Crippen LogP contribution is 2.25. The molecule has 0 fully saturated rings. The van der Waals surface area contributed by atoms with Crippen LogP contribution in [0.3, 0.4) is 0 Å². The average molecular weight is 269 g/mol. The van der Waals surface area contributed by atoms with E-state index in [1.807, 2.05) is 18.2 Å². The van der Waals surface area contributed by atoms with Crippen molar-refractivity contribution in [3.63, 3.8) is 0 Å². The molecule has 1 unspecified atom stereocenters. The Balaban J connectivity index is 2.87. The van der Waals surface area contributed by atoms with Crippen LogP contribution < -0.4 is 0 Å². The summed E-state index contributed by atoms with van der Waals surface area (Å²) in [5.41, 5.74) is 1.97. The SMILES string of the molecule is CCCCC(C)c1ccccc1C(=O)Br. The Bertz CT molecular complexity index is 333. The van der Waals surface area contributed by atoms with Gasteiger partial charge >= 0.3 is 0 Å². The molecule has 1 rings (SSSR count). The molecule has 1 aromatic rings. The smallest absolute Gasteiger partial charge is 0.228 e. The third kappa shape index (κ3) is 3.45. The second-order valence-electron chi connectivity index (χ2n) is 3.90.